The molecule has 0 spiro atoms. The predicted octanol–water partition coefficient (Wildman–Crippen LogP) is 3.68. The number of methoxy groups -OCH3 is 1. The third-order valence-electron chi connectivity index (χ3n) is 3.79. The molecule has 0 N–H and O–H groups in total. The predicted molar refractivity (Wildman–Crippen MR) is 100 cm³/mol. The molecule has 2 aromatic carbocycles. The second kappa shape index (κ2) is 9.61. The zero-order valence-corrected chi connectivity index (χ0v) is 15.5. The zero-order chi connectivity index (χ0) is 18.9. The molecule has 5 heteroatoms. The van der Waals surface area contributed by atoms with Crippen molar-refractivity contribution in [1.29, 1.82) is 0 Å². The Balaban J connectivity index is 2.14. The number of hydrogen-bond donors (Lipinski definition) is 0. The van der Waals surface area contributed by atoms with Crippen LogP contribution in [0.15, 0.2) is 54.6 Å². The van der Waals surface area contributed by atoms with Gasteiger partial charge in [-0.2, -0.15) is 0 Å². The summed E-state index contributed by atoms with van der Waals surface area (Å²) in [6.07, 6.45) is 0.232. The largest absolute Gasteiger partial charge is 0.491 e. The van der Waals surface area contributed by atoms with Crippen LogP contribution in [0.2, 0.25) is 0 Å². The summed E-state index contributed by atoms with van der Waals surface area (Å²) >= 11 is 0. The number of benzene rings is 2. The number of hydrogen-bond acceptors (Lipinski definition) is 4. The van der Waals surface area contributed by atoms with Gasteiger partial charge in [-0.1, -0.05) is 30.3 Å². The minimum absolute atomic E-state index is 0.0752. The van der Waals surface area contributed by atoms with Crippen LogP contribution in [-0.4, -0.2) is 36.5 Å². The number of esters is 1. The fourth-order valence-corrected chi connectivity index (χ4v) is 2.52. The Kier molecular flexibility index (Phi) is 7.21. The molecule has 0 aliphatic rings. The molecule has 26 heavy (non-hydrogen) atoms. The van der Waals surface area contributed by atoms with Crippen LogP contribution in [0.3, 0.4) is 0 Å². The van der Waals surface area contributed by atoms with Crippen LogP contribution in [-0.2, 0) is 16.1 Å². The normalized spacial score (nSPS) is 10.5. The highest BCUT2D eigenvalue weighted by molar-refractivity contribution is 5.94. The summed E-state index contributed by atoms with van der Waals surface area (Å²) in [4.78, 5) is 26.1. The molecule has 0 fully saturated rings. The Morgan fingerprint density at radius 3 is 2.23 bits per heavy atom. The molecule has 0 saturated heterocycles. The minimum atomic E-state index is -0.337. The Morgan fingerprint density at radius 2 is 1.65 bits per heavy atom. The molecular formula is C21H25NO4. The zero-order valence-electron chi connectivity index (χ0n) is 15.5. The average Bonchev–Trinajstić information content (AvgIpc) is 2.65. The first-order chi connectivity index (χ1) is 12.5. The maximum Gasteiger partial charge on any atom is 0.307 e. The lowest BCUT2D eigenvalue weighted by Gasteiger charge is -2.23. The molecule has 5 nitrogen and oxygen atoms in total. The molecule has 1 amide bonds. The number of nitrogens with zero attached hydrogens (tertiary/aromatic N) is 1. The van der Waals surface area contributed by atoms with Crippen molar-refractivity contribution >= 4 is 11.9 Å². The fourth-order valence-electron chi connectivity index (χ4n) is 2.52. The van der Waals surface area contributed by atoms with Gasteiger partial charge in [0.1, 0.15) is 5.75 Å². The van der Waals surface area contributed by atoms with E-state index in [-0.39, 0.29) is 24.4 Å². The van der Waals surface area contributed by atoms with Gasteiger partial charge in [-0.3, -0.25) is 9.59 Å². The van der Waals surface area contributed by atoms with E-state index in [0.717, 1.165) is 11.3 Å². The smallest absolute Gasteiger partial charge is 0.307 e. The lowest BCUT2D eigenvalue weighted by atomic mass is 10.1. The summed E-state index contributed by atoms with van der Waals surface area (Å²) in [7, 11) is 1.35. The van der Waals surface area contributed by atoms with Crippen LogP contribution in [0.1, 0.15) is 36.2 Å². The summed E-state index contributed by atoms with van der Waals surface area (Å²) in [6.45, 7) is 4.63. The highest BCUT2D eigenvalue weighted by Crippen LogP contribution is 2.17. The van der Waals surface area contributed by atoms with Gasteiger partial charge >= 0.3 is 5.97 Å². The van der Waals surface area contributed by atoms with Gasteiger partial charge in [0, 0.05) is 18.7 Å². The van der Waals surface area contributed by atoms with Crippen molar-refractivity contribution in [3.05, 3.63) is 65.7 Å². The first-order valence-electron chi connectivity index (χ1n) is 8.66. The molecule has 0 unspecified atom stereocenters. The van der Waals surface area contributed by atoms with Crippen LogP contribution in [0.25, 0.3) is 0 Å². The van der Waals surface area contributed by atoms with E-state index in [1.165, 1.54) is 7.11 Å². The Hall–Kier alpha value is -2.82. The van der Waals surface area contributed by atoms with Crippen molar-refractivity contribution in [3.63, 3.8) is 0 Å². The van der Waals surface area contributed by atoms with Crippen molar-refractivity contribution in [2.45, 2.75) is 32.9 Å². The Labute approximate surface area is 154 Å². The maximum absolute atomic E-state index is 12.9. The van der Waals surface area contributed by atoms with Crippen LogP contribution in [0, 0.1) is 0 Å². The first kappa shape index (κ1) is 19.5. The number of ether oxygens (including phenoxy) is 2. The lowest BCUT2D eigenvalue weighted by molar-refractivity contribution is -0.140. The maximum atomic E-state index is 12.9. The fraction of sp³-hybridized carbons (Fsp3) is 0.333. The monoisotopic (exact) mass is 355 g/mol. The Bertz CT molecular complexity index is 711. The van der Waals surface area contributed by atoms with Gasteiger partial charge in [0.15, 0.2) is 0 Å². The number of rotatable bonds is 8. The van der Waals surface area contributed by atoms with E-state index in [0.29, 0.717) is 18.7 Å². The summed E-state index contributed by atoms with van der Waals surface area (Å²) in [6, 6.07) is 16.8. The van der Waals surface area contributed by atoms with Gasteiger partial charge in [0.25, 0.3) is 5.91 Å². The summed E-state index contributed by atoms with van der Waals surface area (Å²) in [5, 5.41) is 0. The van der Waals surface area contributed by atoms with Gasteiger partial charge < -0.3 is 14.4 Å². The molecule has 0 aliphatic heterocycles. The number of amides is 1. The van der Waals surface area contributed by atoms with Gasteiger partial charge in [0.05, 0.1) is 19.6 Å². The van der Waals surface area contributed by atoms with E-state index in [1.54, 1.807) is 29.2 Å². The third kappa shape index (κ3) is 5.92. The molecule has 2 rings (SSSR count). The van der Waals surface area contributed by atoms with Gasteiger partial charge in [-0.15, -0.1) is 0 Å². The summed E-state index contributed by atoms with van der Waals surface area (Å²) < 4.78 is 10.3. The lowest BCUT2D eigenvalue weighted by Crippen LogP contribution is -2.32. The molecule has 138 valence electrons. The van der Waals surface area contributed by atoms with Crippen LogP contribution in [0.5, 0.6) is 5.75 Å². The molecule has 2 aromatic rings. The highest BCUT2D eigenvalue weighted by atomic mass is 16.5. The molecule has 0 aliphatic carbocycles. The van der Waals surface area contributed by atoms with Crippen molar-refractivity contribution in [2.24, 2.45) is 0 Å². The number of carbonyl (C=O) groups is 2. The highest BCUT2D eigenvalue weighted by Gasteiger charge is 2.18. The van der Waals surface area contributed by atoms with Crippen LogP contribution < -0.4 is 4.74 Å². The second-order valence-electron chi connectivity index (χ2n) is 6.23. The van der Waals surface area contributed by atoms with Crippen molar-refractivity contribution in [1.82, 2.24) is 4.90 Å². The summed E-state index contributed by atoms with van der Waals surface area (Å²) in [5.41, 5.74) is 1.56. The Morgan fingerprint density at radius 1 is 1.00 bits per heavy atom. The average molecular weight is 355 g/mol. The van der Waals surface area contributed by atoms with Crippen molar-refractivity contribution in [2.75, 3.05) is 13.7 Å². The molecule has 0 aromatic heterocycles. The van der Waals surface area contributed by atoms with Gasteiger partial charge in [-0.05, 0) is 43.7 Å². The van der Waals surface area contributed by atoms with Gasteiger partial charge in [-0.25, -0.2) is 0 Å². The minimum Gasteiger partial charge on any atom is -0.491 e. The topological polar surface area (TPSA) is 55.8 Å². The van der Waals surface area contributed by atoms with E-state index in [4.69, 9.17) is 9.47 Å². The molecule has 0 bridgehead atoms. The summed E-state index contributed by atoms with van der Waals surface area (Å²) in [5.74, 6) is 0.256. The quantitative estimate of drug-likeness (QED) is 0.678. The van der Waals surface area contributed by atoms with Gasteiger partial charge in [0.2, 0.25) is 0 Å². The molecule has 0 radical (unpaired) electrons. The van der Waals surface area contributed by atoms with E-state index in [9.17, 15) is 9.59 Å². The van der Waals surface area contributed by atoms with Crippen LogP contribution in [0.4, 0.5) is 0 Å². The molecular weight excluding hydrogens is 330 g/mol. The molecule has 0 heterocycles. The molecule has 0 atom stereocenters. The van der Waals surface area contributed by atoms with Crippen molar-refractivity contribution < 1.29 is 19.1 Å². The van der Waals surface area contributed by atoms with E-state index in [2.05, 4.69) is 0 Å². The van der Waals surface area contributed by atoms with E-state index < -0.39 is 0 Å². The van der Waals surface area contributed by atoms with E-state index in [1.807, 2.05) is 44.2 Å². The second-order valence-corrected chi connectivity index (χ2v) is 6.23. The SMILES string of the molecule is COC(=O)CCN(Cc1ccccc1)C(=O)c1ccc(OC(C)C)cc1. The standard InChI is InChI=1S/C21H25NO4/c1-16(2)26-19-11-9-18(10-12-19)21(24)22(14-13-20(23)25-3)15-17-7-5-4-6-8-17/h4-12,16H,13-15H2,1-3H3. The van der Waals surface area contributed by atoms with Crippen molar-refractivity contribution in [3.8, 4) is 5.75 Å². The third-order valence-corrected chi connectivity index (χ3v) is 3.79. The number of carbonyl (C=O) groups excluding carboxylic acids is 2. The van der Waals surface area contributed by atoms with Crippen LogP contribution >= 0.6 is 0 Å². The van der Waals surface area contributed by atoms with E-state index >= 15 is 0 Å². The first-order valence-corrected chi connectivity index (χ1v) is 8.66. The molecule has 0 saturated carbocycles.